The molecule has 0 heterocycles. The van der Waals surface area contributed by atoms with Gasteiger partial charge in [-0.25, -0.2) is 0 Å². The molecule has 0 aromatic heterocycles. The van der Waals surface area contributed by atoms with E-state index in [1.54, 1.807) is 0 Å². The van der Waals surface area contributed by atoms with Crippen molar-refractivity contribution in [3.05, 3.63) is 35.9 Å². The summed E-state index contributed by atoms with van der Waals surface area (Å²) in [6, 6.07) is 11.4. The van der Waals surface area contributed by atoms with Crippen molar-refractivity contribution >= 4 is 5.91 Å². The van der Waals surface area contributed by atoms with Crippen LogP contribution in [0.3, 0.4) is 0 Å². The Morgan fingerprint density at radius 1 is 1.30 bits per heavy atom. The third kappa shape index (κ3) is 5.41. The Balaban J connectivity index is 2.72. The molecular formula is C16H23N3O. The predicted octanol–water partition coefficient (Wildman–Crippen LogP) is 2.53. The average Bonchev–Trinajstić information content (AvgIpc) is 2.37. The minimum absolute atomic E-state index is 0.0589. The van der Waals surface area contributed by atoms with E-state index in [0.29, 0.717) is 6.42 Å². The van der Waals surface area contributed by atoms with E-state index in [4.69, 9.17) is 5.26 Å². The molecule has 0 aliphatic rings. The first-order chi connectivity index (χ1) is 9.33. The first-order valence-corrected chi connectivity index (χ1v) is 6.83. The predicted molar refractivity (Wildman–Crippen MR) is 79.9 cm³/mol. The number of carbonyl (C=O) groups excluding carboxylic acids is 1. The lowest BCUT2D eigenvalue weighted by Gasteiger charge is -2.26. The molecule has 4 nitrogen and oxygen atoms in total. The van der Waals surface area contributed by atoms with Gasteiger partial charge in [0.05, 0.1) is 18.5 Å². The minimum atomic E-state index is -0.354. The second-order valence-corrected chi connectivity index (χ2v) is 5.95. The third-order valence-electron chi connectivity index (χ3n) is 2.84. The number of carbonyl (C=O) groups is 1. The van der Waals surface area contributed by atoms with Crippen LogP contribution in [0.25, 0.3) is 0 Å². The van der Waals surface area contributed by atoms with E-state index >= 15 is 0 Å². The number of hydrogen-bond donors (Lipinski definition) is 2. The normalized spacial score (nSPS) is 14.2. The van der Waals surface area contributed by atoms with Gasteiger partial charge in [0.15, 0.2) is 0 Å². The molecule has 0 aliphatic carbocycles. The Labute approximate surface area is 121 Å². The number of amides is 1. The maximum absolute atomic E-state index is 12.1. The highest BCUT2D eigenvalue weighted by Crippen LogP contribution is 2.16. The summed E-state index contributed by atoms with van der Waals surface area (Å²) in [4.78, 5) is 12.1. The quantitative estimate of drug-likeness (QED) is 0.866. The van der Waals surface area contributed by atoms with Crippen molar-refractivity contribution in [1.82, 2.24) is 10.6 Å². The Hall–Kier alpha value is -1.86. The first-order valence-electron chi connectivity index (χ1n) is 6.83. The fourth-order valence-corrected chi connectivity index (χ4v) is 1.90. The number of nitrogens with one attached hydrogen (secondary N) is 2. The lowest BCUT2D eigenvalue weighted by Crippen LogP contribution is -2.50. The van der Waals surface area contributed by atoms with Crippen LogP contribution < -0.4 is 10.6 Å². The zero-order chi connectivity index (χ0) is 15.2. The summed E-state index contributed by atoms with van der Waals surface area (Å²) in [5, 5.41) is 15.1. The van der Waals surface area contributed by atoms with E-state index in [9.17, 15) is 4.79 Å². The number of benzene rings is 1. The van der Waals surface area contributed by atoms with Crippen LogP contribution in [-0.4, -0.2) is 17.5 Å². The number of nitriles is 1. The molecule has 1 aromatic rings. The minimum Gasteiger partial charge on any atom is -0.350 e. The average molecular weight is 273 g/mol. The molecule has 0 spiro atoms. The van der Waals surface area contributed by atoms with Crippen LogP contribution in [0.2, 0.25) is 0 Å². The number of rotatable bonds is 5. The van der Waals surface area contributed by atoms with E-state index in [1.807, 2.05) is 58.0 Å². The maximum Gasteiger partial charge on any atom is 0.237 e. The van der Waals surface area contributed by atoms with Crippen LogP contribution in [0.5, 0.6) is 0 Å². The molecule has 0 saturated carbocycles. The summed E-state index contributed by atoms with van der Waals surface area (Å²) >= 11 is 0. The SMILES string of the molecule is CC(NC(CC#N)c1ccccc1)C(=O)NC(C)(C)C. The molecule has 4 heteroatoms. The van der Waals surface area contributed by atoms with Crippen LogP contribution >= 0.6 is 0 Å². The molecular weight excluding hydrogens is 250 g/mol. The van der Waals surface area contributed by atoms with E-state index in [1.165, 1.54) is 0 Å². The highest BCUT2D eigenvalue weighted by atomic mass is 16.2. The van der Waals surface area contributed by atoms with E-state index in [2.05, 4.69) is 16.7 Å². The lowest BCUT2D eigenvalue weighted by atomic mass is 10.0. The molecule has 20 heavy (non-hydrogen) atoms. The zero-order valence-corrected chi connectivity index (χ0v) is 12.6. The molecule has 2 atom stereocenters. The summed E-state index contributed by atoms with van der Waals surface area (Å²) in [5.74, 6) is -0.0589. The monoisotopic (exact) mass is 273 g/mol. The van der Waals surface area contributed by atoms with Gasteiger partial charge in [0.1, 0.15) is 0 Å². The standard InChI is InChI=1S/C16H23N3O/c1-12(15(20)19-16(2,3)4)18-14(10-11-17)13-8-6-5-7-9-13/h5-9,12,14,18H,10H2,1-4H3,(H,19,20). The molecule has 0 fully saturated rings. The van der Waals surface area contributed by atoms with Crippen LogP contribution in [0.4, 0.5) is 0 Å². The zero-order valence-electron chi connectivity index (χ0n) is 12.6. The topological polar surface area (TPSA) is 64.9 Å². The van der Waals surface area contributed by atoms with Gasteiger partial charge < -0.3 is 5.32 Å². The molecule has 0 aliphatic heterocycles. The van der Waals surface area contributed by atoms with Crippen LogP contribution in [0, 0.1) is 11.3 Å². The fraction of sp³-hybridized carbons (Fsp3) is 0.500. The highest BCUT2D eigenvalue weighted by Gasteiger charge is 2.22. The van der Waals surface area contributed by atoms with Crippen molar-refractivity contribution in [2.45, 2.75) is 51.7 Å². The Morgan fingerprint density at radius 2 is 1.90 bits per heavy atom. The van der Waals surface area contributed by atoms with E-state index in [0.717, 1.165) is 5.56 Å². The largest absolute Gasteiger partial charge is 0.350 e. The van der Waals surface area contributed by atoms with Gasteiger partial charge in [-0.1, -0.05) is 30.3 Å². The van der Waals surface area contributed by atoms with Gasteiger partial charge in [0.25, 0.3) is 0 Å². The molecule has 1 amide bonds. The summed E-state index contributed by atoms with van der Waals surface area (Å²) < 4.78 is 0. The second-order valence-electron chi connectivity index (χ2n) is 5.95. The van der Waals surface area contributed by atoms with Crippen molar-refractivity contribution in [2.75, 3.05) is 0 Å². The van der Waals surface area contributed by atoms with Gasteiger partial charge in [0.2, 0.25) is 5.91 Å². The first kappa shape index (κ1) is 16.2. The van der Waals surface area contributed by atoms with Crippen molar-refractivity contribution in [1.29, 1.82) is 5.26 Å². The molecule has 2 N–H and O–H groups in total. The summed E-state index contributed by atoms with van der Waals surface area (Å²) in [7, 11) is 0. The molecule has 0 saturated heterocycles. The number of hydrogen-bond acceptors (Lipinski definition) is 3. The van der Waals surface area contributed by atoms with Crippen molar-refractivity contribution in [2.24, 2.45) is 0 Å². The molecule has 1 rings (SSSR count). The molecule has 1 aromatic carbocycles. The highest BCUT2D eigenvalue weighted by molar-refractivity contribution is 5.82. The van der Waals surface area contributed by atoms with E-state index < -0.39 is 0 Å². The van der Waals surface area contributed by atoms with E-state index in [-0.39, 0.29) is 23.5 Å². The summed E-state index contributed by atoms with van der Waals surface area (Å²) in [6.07, 6.45) is 0.331. The van der Waals surface area contributed by atoms with Crippen LogP contribution in [-0.2, 0) is 4.79 Å². The Kier molecular flexibility index (Phi) is 5.72. The maximum atomic E-state index is 12.1. The third-order valence-corrected chi connectivity index (χ3v) is 2.84. The molecule has 0 bridgehead atoms. The smallest absolute Gasteiger partial charge is 0.237 e. The van der Waals surface area contributed by atoms with Crippen molar-refractivity contribution < 1.29 is 4.79 Å². The van der Waals surface area contributed by atoms with Gasteiger partial charge >= 0.3 is 0 Å². The van der Waals surface area contributed by atoms with Gasteiger partial charge in [0, 0.05) is 11.6 Å². The lowest BCUT2D eigenvalue weighted by molar-refractivity contribution is -0.124. The van der Waals surface area contributed by atoms with Gasteiger partial charge in [-0.15, -0.1) is 0 Å². The van der Waals surface area contributed by atoms with Crippen LogP contribution in [0.1, 0.15) is 45.7 Å². The van der Waals surface area contributed by atoms with Gasteiger partial charge in [-0.05, 0) is 33.3 Å². The fourth-order valence-electron chi connectivity index (χ4n) is 1.90. The van der Waals surface area contributed by atoms with Gasteiger partial charge in [-0.3, -0.25) is 10.1 Å². The molecule has 0 radical (unpaired) electrons. The number of nitrogens with zero attached hydrogens (tertiary/aromatic N) is 1. The summed E-state index contributed by atoms with van der Waals surface area (Å²) in [6.45, 7) is 7.65. The second kappa shape index (κ2) is 7.06. The van der Waals surface area contributed by atoms with Crippen molar-refractivity contribution in [3.8, 4) is 6.07 Å². The van der Waals surface area contributed by atoms with Crippen LogP contribution in [0.15, 0.2) is 30.3 Å². The van der Waals surface area contributed by atoms with Gasteiger partial charge in [-0.2, -0.15) is 5.26 Å². The molecule has 2 unspecified atom stereocenters. The van der Waals surface area contributed by atoms with Crippen molar-refractivity contribution in [3.63, 3.8) is 0 Å². The Morgan fingerprint density at radius 3 is 2.40 bits per heavy atom. The Bertz CT molecular complexity index is 471. The molecule has 108 valence electrons. The summed E-state index contributed by atoms with van der Waals surface area (Å²) in [5.41, 5.74) is 0.759.